The molecule has 4 nitrogen and oxygen atoms in total. The molecule has 0 bridgehead atoms. The highest BCUT2D eigenvalue weighted by Gasteiger charge is 2.15. The fourth-order valence-electron chi connectivity index (χ4n) is 1.70. The Hall–Kier alpha value is -2.21. The van der Waals surface area contributed by atoms with Gasteiger partial charge >= 0.3 is 0 Å². The average Bonchev–Trinajstić information content (AvgIpc) is 2.40. The van der Waals surface area contributed by atoms with E-state index in [2.05, 4.69) is 5.32 Å². The van der Waals surface area contributed by atoms with Crippen LogP contribution in [0.1, 0.15) is 5.56 Å². The summed E-state index contributed by atoms with van der Waals surface area (Å²) >= 11 is 5.62. The van der Waals surface area contributed by atoms with Crippen molar-refractivity contribution < 1.29 is 13.7 Å². The minimum absolute atomic E-state index is 0.0660. The molecule has 7 heteroatoms. The second kappa shape index (κ2) is 5.83. The molecule has 20 heavy (non-hydrogen) atoms. The third-order valence-electron chi connectivity index (χ3n) is 2.66. The molecule has 2 rings (SSSR count). The molecule has 0 heterocycles. The number of rotatable bonds is 4. The molecule has 0 aromatic heterocycles. The van der Waals surface area contributed by atoms with Gasteiger partial charge in [0.05, 0.1) is 21.2 Å². The van der Waals surface area contributed by atoms with Crippen molar-refractivity contribution in [2.75, 3.05) is 5.32 Å². The molecule has 0 unspecified atom stereocenters. The molecule has 0 radical (unpaired) electrons. The second-order valence-electron chi connectivity index (χ2n) is 3.99. The molecule has 0 saturated heterocycles. The van der Waals surface area contributed by atoms with Crippen molar-refractivity contribution in [2.24, 2.45) is 0 Å². The van der Waals surface area contributed by atoms with E-state index < -0.39 is 16.6 Å². The van der Waals surface area contributed by atoms with Crippen LogP contribution in [-0.4, -0.2) is 4.92 Å². The standard InChI is InChI=1S/C13H9ClF2N2O2/c14-10-2-1-3-11(13(10)16)17-7-8-6-9(15)4-5-12(8)18(19)20/h1-6,17H,7H2. The van der Waals surface area contributed by atoms with Gasteiger partial charge in [0.1, 0.15) is 5.82 Å². The van der Waals surface area contributed by atoms with E-state index in [0.29, 0.717) is 0 Å². The summed E-state index contributed by atoms with van der Waals surface area (Å²) in [7, 11) is 0. The number of anilines is 1. The Morgan fingerprint density at radius 2 is 2.00 bits per heavy atom. The van der Waals surface area contributed by atoms with E-state index in [9.17, 15) is 18.9 Å². The Morgan fingerprint density at radius 3 is 2.70 bits per heavy atom. The van der Waals surface area contributed by atoms with Crippen molar-refractivity contribution >= 4 is 23.0 Å². The highest BCUT2D eigenvalue weighted by atomic mass is 35.5. The maximum atomic E-state index is 13.6. The van der Waals surface area contributed by atoms with Crippen LogP contribution in [0.15, 0.2) is 36.4 Å². The Morgan fingerprint density at radius 1 is 1.25 bits per heavy atom. The van der Waals surface area contributed by atoms with Crippen molar-refractivity contribution in [3.8, 4) is 0 Å². The van der Waals surface area contributed by atoms with Gasteiger partial charge in [-0.1, -0.05) is 17.7 Å². The van der Waals surface area contributed by atoms with Crippen LogP contribution in [-0.2, 0) is 6.54 Å². The normalized spacial score (nSPS) is 10.3. The number of nitro benzene ring substituents is 1. The first-order valence-electron chi connectivity index (χ1n) is 5.59. The minimum atomic E-state index is -0.659. The van der Waals surface area contributed by atoms with Gasteiger partial charge in [0.15, 0.2) is 5.82 Å². The van der Waals surface area contributed by atoms with Gasteiger partial charge in [-0.3, -0.25) is 10.1 Å². The van der Waals surface area contributed by atoms with Crippen LogP contribution in [0.3, 0.4) is 0 Å². The SMILES string of the molecule is O=[N+]([O-])c1ccc(F)cc1CNc1cccc(Cl)c1F. The molecule has 0 spiro atoms. The van der Waals surface area contributed by atoms with Gasteiger partial charge in [-0.2, -0.15) is 0 Å². The third-order valence-corrected chi connectivity index (χ3v) is 2.95. The number of benzene rings is 2. The Kier molecular flexibility index (Phi) is 4.14. The van der Waals surface area contributed by atoms with Gasteiger partial charge in [0.25, 0.3) is 5.69 Å². The molecular formula is C13H9ClF2N2O2. The number of nitrogens with zero attached hydrogens (tertiary/aromatic N) is 1. The number of nitrogens with one attached hydrogen (secondary N) is 1. The maximum absolute atomic E-state index is 13.6. The van der Waals surface area contributed by atoms with Gasteiger partial charge in [0, 0.05) is 12.6 Å². The average molecular weight is 299 g/mol. The zero-order chi connectivity index (χ0) is 14.7. The summed E-state index contributed by atoms with van der Waals surface area (Å²) in [6.07, 6.45) is 0. The quantitative estimate of drug-likeness (QED) is 0.682. The first-order chi connectivity index (χ1) is 9.49. The van der Waals surface area contributed by atoms with Gasteiger partial charge in [-0.15, -0.1) is 0 Å². The van der Waals surface area contributed by atoms with Crippen molar-refractivity contribution in [1.29, 1.82) is 0 Å². The molecule has 0 atom stereocenters. The van der Waals surface area contributed by atoms with E-state index in [4.69, 9.17) is 11.6 Å². The van der Waals surface area contributed by atoms with E-state index >= 15 is 0 Å². The molecule has 0 aliphatic carbocycles. The smallest absolute Gasteiger partial charge is 0.274 e. The summed E-state index contributed by atoms with van der Waals surface area (Å²) in [6.45, 7) is -0.0919. The predicted molar refractivity (Wildman–Crippen MR) is 71.8 cm³/mol. The fourth-order valence-corrected chi connectivity index (χ4v) is 1.88. The van der Waals surface area contributed by atoms with Crippen LogP contribution in [0.4, 0.5) is 20.2 Å². The van der Waals surface area contributed by atoms with E-state index in [-0.39, 0.29) is 28.5 Å². The first kappa shape index (κ1) is 14.2. The molecule has 1 N–H and O–H groups in total. The van der Waals surface area contributed by atoms with Crippen molar-refractivity contribution in [3.63, 3.8) is 0 Å². The fraction of sp³-hybridized carbons (Fsp3) is 0.0769. The Balaban J connectivity index is 2.24. The number of nitro groups is 1. The minimum Gasteiger partial charge on any atom is -0.378 e. The zero-order valence-electron chi connectivity index (χ0n) is 10.1. The molecule has 0 fully saturated rings. The van der Waals surface area contributed by atoms with E-state index in [1.165, 1.54) is 18.2 Å². The molecule has 2 aromatic rings. The molecule has 0 saturated carbocycles. The van der Waals surface area contributed by atoms with Crippen LogP contribution in [0.25, 0.3) is 0 Å². The van der Waals surface area contributed by atoms with Crippen LogP contribution in [0.5, 0.6) is 0 Å². The van der Waals surface area contributed by atoms with Crippen LogP contribution in [0, 0.1) is 21.7 Å². The highest BCUT2D eigenvalue weighted by Crippen LogP contribution is 2.24. The number of halogens is 3. The summed E-state index contributed by atoms with van der Waals surface area (Å²) in [6, 6.07) is 7.46. The lowest BCUT2D eigenvalue weighted by Crippen LogP contribution is -2.05. The van der Waals surface area contributed by atoms with Crippen LogP contribution < -0.4 is 5.32 Å². The number of hydrogen-bond acceptors (Lipinski definition) is 3. The highest BCUT2D eigenvalue weighted by molar-refractivity contribution is 6.31. The topological polar surface area (TPSA) is 55.2 Å². The van der Waals surface area contributed by atoms with Gasteiger partial charge < -0.3 is 5.32 Å². The van der Waals surface area contributed by atoms with Crippen LogP contribution >= 0.6 is 11.6 Å². The van der Waals surface area contributed by atoms with Gasteiger partial charge in [-0.25, -0.2) is 8.78 Å². The third kappa shape index (κ3) is 3.03. The van der Waals surface area contributed by atoms with Crippen molar-refractivity contribution in [1.82, 2.24) is 0 Å². The number of hydrogen-bond donors (Lipinski definition) is 1. The maximum Gasteiger partial charge on any atom is 0.274 e. The Labute approximate surface area is 118 Å². The second-order valence-corrected chi connectivity index (χ2v) is 4.39. The lowest BCUT2D eigenvalue weighted by molar-refractivity contribution is -0.385. The first-order valence-corrected chi connectivity index (χ1v) is 5.97. The lowest BCUT2D eigenvalue weighted by atomic mass is 10.1. The zero-order valence-corrected chi connectivity index (χ0v) is 10.8. The summed E-state index contributed by atoms with van der Waals surface area (Å²) in [5.74, 6) is -1.26. The summed E-state index contributed by atoms with van der Waals surface area (Å²) < 4.78 is 26.8. The summed E-state index contributed by atoms with van der Waals surface area (Å²) in [4.78, 5) is 10.2. The molecule has 0 aliphatic rings. The van der Waals surface area contributed by atoms with Gasteiger partial charge in [0.2, 0.25) is 0 Å². The lowest BCUT2D eigenvalue weighted by Gasteiger charge is -2.09. The molecular weight excluding hydrogens is 290 g/mol. The summed E-state index contributed by atoms with van der Waals surface area (Å²) in [5.41, 5.74) is -0.0215. The van der Waals surface area contributed by atoms with E-state index in [0.717, 1.165) is 18.2 Å². The monoisotopic (exact) mass is 298 g/mol. The summed E-state index contributed by atoms with van der Waals surface area (Å²) in [5, 5.41) is 13.4. The van der Waals surface area contributed by atoms with E-state index in [1.807, 2.05) is 0 Å². The predicted octanol–water partition coefficient (Wildman–Crippen LogP) is 4.14. The molecule has 0 amide bonds. The molecule has 0 aliphatic heterocycles. The van der Waals surface area contributed by atoms with Crippen LogP contribution in [0.2, 0.25) is 5.02 Å². The largest absolute Gasteiger partial charge is 0.378 e. The molecule has 104 valence electrons. The van der Waals surface area contributed by atoms with E-state index in [1.54, 1.807) is 0 Å². The molecule has 2 aromatic carbocycles. The van der Waals surface area contributed by atoms with Gasteiger partial charge in [-0.05, 0) is 24.3 Å². The Bertz CT molecular complexity index is 665. The van der Waals surface area contributed by atoms with Crippen molar-refractivity contribution in [3.05, 3.63) is 68.7 Å². The van der Waals surface area contributed by atoms with Crippen molar-refractivity contribution in [2.45, 2.75) is 6.54 Å².